The van der Waals surface area contributed by atoms with Gasteiger partial charge in [-0.2, -0.15) is 0 Å². The molecule has 39 heavy (non-hydrogen) atoms. The number of fused-ring (bicyclic) bond motifs is 1. The minimum atomic E-state index is -0.824. The van der Waals surface area contributed by atoms with Crippen molar-refractivity contribution in [2.75, 3.05) is 13.1 Å². The summed E-state index contributed by atoms with van der Waals surface area (Å²) in [5, 5.41) is 3.78. The molecule has 1 unspecified atom stereocenters. The van der Waals surface area contributed by atoms with E-state index >= 15 is 0 Å². The molecular weight excluding hydrogens is 537 g/mol. The zero-order chi connectivity index (χ0) is 27.9. The third-order valence-corrected chi connectivity index (χ3v) is 7.91. The predicted molar refractivity (Wildman–Crippen MR) is 151 cm³/mol. The highest BCUT2D eigenvalue weighted by molar-refractivity contribution is 6.35. The van der Waals surface area contributed by atoms with E-state index in [-0.39, 0.29) is 55.0 Å². The minimum Gasteiger partial charge on any atom is -0.354 e. The topological polar surface area (TPSA) is 86.8 Å². The Morgan fingerprint density at radius 3 is 2.31 bits per heavy atom. The number of halogens is 2. The van der Waals surface area contributed by atoms with Gasteiger partial charge in [0.15, 0.2) is 0 Å². The third kappa shape index (κ3) is 6.89. The lowest BCUT2D eigenvalue weighted by atomic mass is 9.85. The van der Waals surface area contributed by atoms with Crippen molar-refractivity contribution in [2.45, 2.75) is 51.6 Å². The number of likely N-dealkylation sites (tertiary alicyclic amines) is 1. The number of nitrogens with zero attached hydrogens (tertiary/aromatic N) is 2. The average Bonchev–Trinajstić information content (AvgIpc) is 3.18. The number of imide groups is 1. The van der Waals surface area contributed by atoms with E-state index in [0.29, 0.717) is 41.4 Å². The van der Waals surface area contributed by atoms with Crippen LogP contribution in [0.1, 0.15) is 43.7 Å². The van der Waals surface area contributed by atoms with Crippen molar-refractivity contribution in [3.8, 4) is 0 Å². The molecule has 206 valence electrons. The Morgan fingerprint density at radius 2 is 1.69 bits per heavy atom. The number of carbonyl (C=O) groups excluding carboxylic acids is 4. The number of hydrogen-bond acceptors (Lipinski definition) is 4. The molecule has 4 amide bonds. The number of nitrogens with one attached hydrogen (secondary N) is 1. The highest BCUT2D eigenvalue weighted by Crippen LogP contribution is 2.35. The van der Waals surface area contributed by atoms with Crippen LogP contribution in [0.5, 0.6) is 0 Å². The van der Waals surface area contributed by atoms with Crippen molar-refractivity contribution in [3.63, 3.8) is 0 Å². The molecule has 0 aromatic heterocycles. The van der Waals surface area contributed by atoms with Gasteiger partial charge in [-0.1, -0.05) is 78.7 Å². The summed E-state index contributed by atoms with van der Waals surface area (Å²) in [6.45, 7) is 2.48. The lowest BCUT2D eigenvalue weighted by molar-refractivity contribution is -0.144. The second kappa shape index (κ2) is 13.3. The first-order valence-corrected chi connectivity index (χ1v) is 14.1. The maximum atomic E-state index is 13.8. The molecule has 0 spiro atoms. The van der Waals surface area contributed by atoms with Gasteiger partial charge in [-0.3, -0.25) is 24.1 Å². The number of amides is 4. The van der Waals surface area contributed by atoms with Gasteiger partial charge in [0.05, 0.1) is 11.8 Å². The highest BCUT2D eigenvalue weighted by Gasteiger charge is 2.47. The normalized spacial score (nSPS) is 19.1. The summed E-state index contributed by atoms with van der Waals surface area (Å²) in [4.78, 5) is 55.9. The second-order valence-electron chi connectivity index (χ2n) is 9.99. The first-order valence-electron chi connectivity index (χ1n) is 13.3. The van der Waals surface area contributed by atoms with Crippen LogP contribution in [-0.4, -0.2) is 52.6 Å². The Bertz CT molecular complexity index is 1220. The molecular formula is C30H33Cl2N3O4. The second-order valence-corrected chi connectivity index (χ2v) is 10.8. The van der Waals surface area contributed by atoms with Gasteiger partial charge in [0.25, 0.3) is 0 Å². The monoisotopic (exact) mass is 569 g/mol. The number of carbonyl (C=O) groups is 4. The standard InChI is InChI=1S/C30H33Cl2N3O4/c1-2-15-33-28(37)26(17-20-8-4-3-5-9-20)35(19-21-12-13-22(31)18-25(21)32)27(36)14-16-34-29(38)23-10-6-7-11-24(23)30(34)39/h3-9,12-13,18,23-24,26H,2,10-11,14-17,19H2,1H3,(H,33,37)/t23-,24+,26?. The SMILES string of the molecule is CCCNC(=O)C(Cc1ccccc1)N(Cc1ccc(Cl)cc1Cl)C(=O)CCN1C(=O)[C@H]2CC=CC[C@H]2C1=O. The molecule has 1 saturated heterocycles. The summed E-state index contributed by atoms with van der Waals surface area (Å²) in [5.41, 5.74) is 1.54. The van der Waals surface area contributed by atoms with Crippen LogP contribution in [0.25, 0.3) is 0 Å². The van der Waals surface area contributed by atoms with Crippen LogP contribution < -0.4 is 5.32 Å². The Balaban J connectivity index is 1.60. The molecule has 3 atom stereocenters. The molecule has 1 fully saturated rings. The molecule has 0 bridgehead atoms. The molecule has 2 aromatic carbocycles. The Hall–Kier alpha value is -3.16. The summed E-state index contributed by atoms with van der Waals surface area (Å²) in [7, 11) is 0. The fraction of sp³-hybridized carbons (Fsp3) is 0.400. The molecule has 0 saturated carbocycles. The van der Waals surface area contributed by atoms with E-state index in [2.05, 4.69) is 5.32 Å². The van der Waals surface area contributed by atoms with Gasteiger partial charge in [-0.25, -0.2) is 0 Å². The van der Waals surface area contributed by atoms with Crippen LogP contribution in [0, 0.1) is 11.8 Å². The molecule has 1 aliphatic carbocycles. The summed E-state index contributed by atoms with van der Waals surface area (Å²) in [6, 6.07) is 13.7. The highest BCUT2D eigenvalue weighted by atomic mass is 35.5. The third-order valence-electron chi connectivity index (χ3n) is 7.32. The lowest BCUT2D eigenvalue weighted by Crippen LogP contribution is -2.51. The molecule has 9 heteroatoms. The van der Waals surface area contributed by atoms with Gasteiger partial charge in [-0.05, 0) is 42.5 Å². The fourth-order valence-corrected chi connectivity index (χ4v) is 5.66. The van der Waals surface area contributed by atoms with Crippen LogP contribution in [0.2, 0.25) is 10.0 Å². The van der Waals surface area contributed by atoms with Gasteiger partial charge in [-0.15, -0.1) is 0 Å². The predicted octanol–water partition coefficient (Wildman–Crippen LogP) is 4.80. The van der Waals surface area contributed by atoms with Gasteiger partial charge >= 0.3 is 0 Å². The van der Waals surface area contributed by atoms with E-state index in [0.717, 1.165) is 12.0 Å². The van der Waals surface area contributed by atoms with Gasteiger partial charge < -0.3 is 10.2 Å². The van der Waals surface area contributed by atoms with Crippen LogP contribution in [0.4, 0.5) is 0 Å². The van der Waals surface area contributed by atoms with Crippen molar-refractivity contribution in [1.29, 1.82) is 0 Å². The summed E-state index contributed by atoms with van der Waals surface area (Å²) < 4.78 is 0. The van der Waals surface area contributed by atoms with E-state index in [1.54, 1.807) is 18.2 Å². The lowest BCUT2D eigenvalue weighted by Gasteiger charge is -2.32. The van der Waals surface area contributed by atoms with Crippen LogP contribution in [-0.2, 0) is 32.1 Å². The Kier molecular flexibility index (Phi) is 9.81. The molecule has 1 N–H and O–H groups in total. The Labute approximate surface area is 239 Å². The largest absolute Gasteiger partial charge is 0.354 e. The van der Waals surface area contributed by atoms with Crippen molar-refractivity contribution in [3.05, 3.63) is 81.9 Å². The number of rotatable bonds is 11. The first-order chi connectivity index (χ1) is 18.8. The molecule has 1 aliphatic heterocycles. The van der Waals surface area contributed by atoms with Crippen molar-refractivity contribution >= 4 is 46.8 Å². The molecule has 1 heterocycles. The molecule has 4 rings (SSSR count). The van der Waals surface area contributed by atoms with Gasteiger partial charge in [0, 0.05) is 42.5 Å². The maximum Gasteiger partial charge on any atom is 0.243 e. The zero-order valence-corrected chi connectivity index (χ0v) is 23.5. The van der Waals surface area contributed by atoms with Gasteiger partial charge in [0.1, 0.15) is 6.04 Å². The minimum absolute atomic E-state index is 0.0248. The fourth-order valence-electron chi connectivity index (χ4n) is 5.19. The smallest absolute Gasteiger partial charge is 0.243 e. The van der Waals surface area contributed by atoms with Crippen LogP contribution >= 0.6 is 23.2 Å². The maximum absolute atomic E-state index is 13.8. The van der Waals surface area contributed by atoms with Gasteiger partial charge in [0.2, 0.25) is 23.6 Å². The van der Waals surface area contributed by atoms with E-state index in [1.807, 2.05) is 49.4 Å². The molecule has 7 nitrogen and oxygen atoms in total. The quantitative estimate of drug-likeness (QED) is 0.311. The van der Waals surface area contributed by atoms with E-state index in [1.165, 1.54) is 9.80 Å². The van der Waals surface area contributed by atoms with Crippen molar-refractivity contribution in [1.82, 2.24) is 15.1 Å². The zero-order valence-electron chi connectivity index (χ0n) is 21.9. The van der Waals surface area contributed by atoms with E-state index in [4.69, 9.17) is 23.2 Å². The average molecular weight is 571 g/mol. The first kappa shape index (κ1) is 28.8. The molecule has 0 radical (unpaired) electrons. The molecule has 2 aliphatic rings. The summed E-state index contributed by atoms with van der Waals surface area (Å²) in [6.07, 6.45) is 5.89. The number of hydrogen-bond donors (Lipinski definition) is 1. The number of allylic oxidation sites excluding steroid dienone is 2. The van der Waals surface area contributed by atoms with Crippen LogP contribution in [0.3, 0.4) is 0 Å². The Morgan fingerprint density at radius 1 is 1.03 bits per heavy atom. The summed E-state index contributed by atoms with van der Waals surface area (Å²) >= 11 is 12.6. The van der Waals surface area contributed by atoms with Crippen molar-refractivity contribution < 1.29 is 19.2 Å². The van der Waals surface area contributed by atoms with Crippen LogP contribution in [0.15, 0.2) is 60.7 Å². The number of benzene rings is 2. The molecule has 2 aromatic rings. The van der Waals surface area contributed by atoms with E-state index < -0.39 is 6.04 Å². The van der Waals surface area contributed by atoms with E-state index in [9.17, 15) is 19.2 Å². The van der Waals surface area contributed by atoms with Crippen molar-refractivity contribution in [2.24, 2.45) is 11.8 Å². The summed E-state index contributed by atoms with van der Waals surface area (Å²) in [5.74, 6) is -1.78.